The van der Waals surface area contributed by atoms with Gasteiger partial charge in [-0.2, -0.15) is 0 Å². The van der Waals surface area contributed by atoms with Gasteiger partial charge in [-0.05, 0) is 25.7 Å². The molecule has 1 atom stereocenters. The molecule has 0 aromatic carbocycles. The summed E-state index contributed by atoms with van der Waals surface area (Å²) in [4.78, 5) is 10.1. The predicted octanol–water partition coefficient (Wildman–Crippen LogP) is 4.79. The van der Waals surface area contributed by atoms with Gasteiger partial charge in [0.1, 0.15) is 0 Å². The van der Waals surface area contributed by atoms with Crippen LogP contribution in [0.15, 0.2) is 0 Å². The Morgan fingerprint density at radius 1 is 0.818 bits per heavy atom. The Morgan fingerprint density at radius 2 is 1.41 bits per heavy atom. The van der Waals surface area contributed by atoms with Crippen molar-refractivity contribution in [3.8, 4) is 0 Å². The SMILES string of the molecule is CCCCC(OOC)OC(CCCC)(OCCC)OCCC. The van der Waals surface area contributed by atoms with Gasteiger partial charge in [0.05, 0.1) is 20.3 Å². The molecular formula is C17H36O5. The Morgan fingerprint density at radius 3 is 1.86 bits per heavy atom. The zero-order valence-electron chi connectivity index (χ0n) is 15.2. The molecule has 1 unspecified atom stereocenters. The Labute approximate surface area is 136 Å². The van der Waals surface area contributed by atoms with Gasteiger partial charge < -0.3 is 9.47 Å². The largest absolute Gasteiger partial charge is 0.327 e. The first-order valence-corrected chi connectivity index (χ1v) is 8.83. The minimum absolute atomic E-state index is 0.476. The van der Waals surface area contributed by atoms with Gasteiger partial charge >= 0.3 is 0 Å². The number of hydrogen-bond donors (Lipinski definition) is 0. The van der Waals surface area contributed by atoms with Crippen molar-refractivity contribution in [2.75, 3.05) is 20.3 Å². The third kappa shape index (κ3) is 9.74. The number of hydrogen-bond acceptors (Lipinski definition) is 5. The van der Waals surface area contributed by atoms with E-state index in [2.05, 4.69) is 27.7 Å². The lowest BCUT2D eigenvalue weighted by Gasteiger charge is -2.35. The van der Waals surface area contributed by atoms with Crippen LogP contribution in [0.5, 0.6) is 0 Å². The van der Waals surface area contributed by atoms with Crippen molar-refractivity contribution in [1.82, 2.24) is 0 Å². The van der Waals surface area contributed by atoms with Crippen molar-refractivity contribution in [2.24, 2.45) is 0 Å². The first-order chi connectivity index (χ1) is 10.7. The third-order valence-corrected chi connectivity index (χ3v) is 3.20. The van der Waals surface area contributed by atoms with Crippen molar-refractivity contribution in [3.05, 3.63) is 0 Å². The molecule has 5 nitrogen and oxygen atoms in total. The van der Waals surface area contributed by atoms with Crippen molar-refractivity contribution < 1.29 is 24.0 Å². The third-order valence-electron chi connectivity index (χ3n) is 3.20. The predicted molar refractivity (Wildman–Crippen MR) is 87.2 cm³/mol. The maximum absolute atomic E-state index is 6.10. The standard InChI is InChI=1S/C17H36O5/c1-6-10-12-16(22-18-5)21-17(13-11-7-2,19-14-8-3)20-15-9-4/h16H,6-15H2,1-5H3. The summed E-state index contributed by atoms with van der Waals surface area (Å²) in [6, 6.07) is 0. The minimum Gasteiger partial charge on any atom is -0.327 e. The monoisotopic (exact) mass is 320 g/mol. The Bertz CT molecular complexity index is 213. The van der Waals surface area contributed by atoms with E-state index in [0.29, 0.717) is 19.6 Å². The topological polar surface area (TPSA) is 46.2 Å². The molecule has 0 N–H and O–H groups in total. The quantitative estimate of drug-likeness (QED) is 0.232. The molecule has 0 aromatic rings. The highest BCUT2D eigenvalue weighted by Gasteiger charge is 2.36. The van der Waals surface area contributed by atoms with Crippen LogP contribution in [-0.2, 0) is 24.0 Å². The van der Waals surface area contributed by atoms with E-state index in [-0.39, 0.29) is 0 Å². The fraction of sp³-hybridized carbons (Fsp3) is 1.00. The van der Waals surface area contributed by atoms with E-state index in [9.17, 15) is 0 Å². The second kappa shape index (κ2) is 14.4. The zero-order chi connectivity index (χ0) is 16.7. The summed E-state index contributed by atoms with van der Waals surface area (Å²) >= 11 is 0. The zero-order valence-corrected chi connectivity index (χ0v) is 15.2. The van der Waals surface area contributed by atoms with Crippen molar-refractivity contribution in [1.29, 1.82) is 0 Å². The van der Waals surface area contributed by atoms with Crippen LogP contribution < -0.4 is 0 Å². The molecule has 134 valence electrons. The normalized spacial score (nSPS) is 13.5. The second-order valence-electron chi connectivity index (χ2n) is 5.44. The molecule has 0 saturated carbocycles. The van der Waals surface area contributed by atoms with Crippen LogP contribution in [0.1, 0.15) is 79.1 Å². The molecule has 0 aliphatic heterocycles. The minimum atomic E-state index is -1.03. The van der Waals surface area contributed by atoms with Crippen molar-refractivity contribution in [2.45, 2.75) is 91.3 Å². The van der Waals surface area contributed by atoms with E-state index in [1.54, 1.807) is 0 Å². The van der Waals surface area contributed by atoms with Gasteiger partial charge in [0.15, 0.2) is 6.29 Å². The van der Waals surface area contributed by atoms with Crippen LogP contribution in [-0.4, -0.2) is 32.6 Å². The van der Waals surface area contributed by atoms with E-state index in [1.165, 1.54) is 7.11 Å². The Hall–Kier alpha value is -0.200. The Balaban J connectivity index is 4.91. The average Bonchev–Trinajstić information content (AvgIpc) is 2.54. The molecule has 22 heavy (non-hydrogen) atoms. The van der Waals surface area contributed by atoms with Gasteiger partial charge in [-0.3, -0.25) is 4.74 Å². The molecule has 0 radical (unpaired) electrons. The van der Waals surface area contributed by atoms with Gasteiger partial charge in [-0.25, -0.2) is 9.78 Å². The van der Waals surface area contributed by atoms with Crippen LogP contribution in [0.3, 0.4) is 0 Å². The molecular weight excluding hydrogens is 284 g/mol. The van der Waals surface area contributed by atoms with Crippen molar-refractivity contribution in [3.63, 3.8) is 0 Å². The summed E-state index contributed by atoms with van der Waals surface area (Å²) in [5.41, 5.74) is 0. The van der Waals surface area contributed by atoms with Crippen LogP contribution in [0.2, 0.25) is 0 Å². The van der Waals surface area contributed by atoms with Crippen LogP contribution in [0.4, 0.5) is 0 Å². The molecule has 0 bridgehead atoms. The summed E-state index contributed by atoms with van der Waals surface area (Å²) in [6.07, 6.45) is 6.90. The molecule has 0 rings (SSSR count). The highest BCUT2D eigenvalue weighted by Crippen LogP contribution is 2.27. The Kier molecular flexibility index (Phi) is 14.3. The lowest BCUT2D eigenvalue weighted by Crippen LogP contribution is -2.43. The molecule has 0 aliphatic carbocycles. The fourth-order valence-electron chi connectivity index (χ4n) is 2.03. The molecule has 0 fully saturated rings. The molecule has 0 heterocycles. The van der Waals surface area contributed by atoms with E-state index >= 15 is 0 Å². The van der Waals surface area contributed by atoms with E-state index in [4.69, 9.17) is 24.0 Å². The lowest BCUT2D eigenvalue weighted by atomic mass is 10.2. The summed E-state index contributed by atoms with van der Waals surface area (Å²) < 4.78 is 18.0. The van der Waals surface area contributed by atoms with Crippen LogP contribution in [0.25, 0.3) is 0 Å². The van der Waals surface area contributed by atoms with E-state index in [1.807, 2.05) is 0 Å². The number of unbranched alkanes of at least 4 members (excludes halogenated alkanes) is 2. The van der Waals surface area contributed by atoms with Crippen LogP contribution in [0, 0.1) is 0 Å². The summed E-state index contributed by atoms with van der Waals surface area (Å²) in [6.45, 7) is 9.62. The smallest absolute Gasteiger partial charge is 0.285 e. The molecule has 0 aromatic heterocycles. The highest BCUT2D eigenvalue weighted by molar-refractivity contribution is 4.61. The van der Waals surface area contributed by atoms with Gasteiger partial charge in [-0.1, -0.05) is 40.5 Å². The average molecular weight is 320 g/mol. The lowest BCUT2D eigenvalue weighted by molar-refractivity contribution is -0.466. The second-order valence-corrected chi connectivity index (χ2v) is 5.44. The number of rotatable bonds is 16. The van der Waals surface area contributed by atoms with Gasteiger partial charge in [0.2, 0.25) is 0 Å². The van der Waals surface area contributed by atoms with E-state index < -0.39 is 12.3 Å². The molecule has 0 aliphatic rings. The highest BCUT2D eigenvalue weighted by atomic mass is 17.2. The first kappa shape index (κ1) is 21.8. The molecule has 0 amide bonds. The van der Waals surface area contributed by atoms with Crippen LogP contribution >= 0.6 is 0 Å². The summed E-state index contributed by atoms with van der Waals surface area (Å²) in [5.74, 6) is -1.03. The van der Waals surface area contributed by atoms with Gasteiger partial charge in [0.25, 0.3) is 5.97 Å². The van der Waals surface area contributed by atoms with E-state index in [0.717, 1.165) is 44.9 Å². The fourth-order valence-corrected chi connectivity index (χ4v) is 2.03. The van der Waals surface area contributed by atoms with Gasteiger partial charge in [-0.15, -0.1) is 0 Å². The molecule has 5 heteroatoms. The molecule has 0 saturated heterocycles. The van der Waals surface area contributed by atoms with Crippen molar-refractivity contribution >= 4 is 0 Å². The summed E-state index contributed by atoms with van der Waals surface area (Å²) in [5, 5.41) is 0. The maximum atomic E-state index is 6.10. The summed E-state index contributed by atoms with van der Waals surface area (Å²) in [7, 11) is 1.50. The number of ether oxygens (including phenoxy) is 3. The molecule has 0 spiro atoms. The van der Waals surface area contributed by atoms with Gasteiger partial charge in [0, 0.05) is 12.8 Å². The first-order valence-electron chi connectivity index (χ1n) is 8.83. The maximum Gasteiger partial charge on any atom is 0.285 e.